The first-order valence-corrected chi connectivity index (χ1v) is 9.78. The minimum absolute atomic E-state index is 0.0770. The number of fused-ring (bicyclic) bond motifs is 1. The summed E-state index contributed by atoms with van der Waals surface area (Å²) in [6, 6.07) is 11.9. The maximum atomic E-state index is 13.2. The number of pyridine rings is 1. The summed E-state index contributed by atoms with van der Waals surface area (Å²) in [6.07, 6.45) is 3.22. The third-order valence-corrected chi connectivity index (χ3v) is 4.70. The van der Waals surface area contributed by atoms with Crippen LogP contribution in [0.1, 0.15) is 30.2 Å². The van der Waals surface area contributed by atoms with E-state index in [9.17, 15) is 9.59 Å². The van der Waals surface area contributed by atoms with Crippen LogP contribution in [-0.4, -0.2) is 33.8 Å². The molecule has 0 radical (unpaired) electrons. The molecule has 31 heavy (non-hydrogen) atoms. The standard InChI is InChI=1S/C22H22N6O3/c1-13(2)28-20-17(12-24-28)16(11-18(27-20)19-5-4-10-31-19)21(29)25-14-6-8-15(9-7-14)26-22(30)23-3/h4-13H,1-3H3,(H,25,29)(H2,23,26,30). The third kappa shape index (κ3) is 4.11. The fraction of sp³-hybridized carbons (Fsp3) is 0.182. The smallest absolute Gasteiger partial charge is 0.318 e. The second-order valence-electron chi connectivity index (χ2n) is 7.19. The molecule has 9 heteroatoms. The lowest BCUT2D eigenvalue weighted by atomic mass is 10.1. The summed E-state index contributed by atoms with van der Waals surface area (Å²) in [5.74, 6) is 0.271. The minimum atomic E-state index is -0.316. The van der Waals surface area contributed by atoms with E-state index < -0.39 is 0 Å². The van der Waals surface area contributed by atoms with Gasteiger partial charge in [-0.2, -0.15) is 5.10 Å². The highest BCUT2D eigenvalue weighted by atomic mass is 16.3. The van der Waals surface area contributed by atoms with Gasteiger partial charge in [0, 0.05) is 24.5 Å². The number of rotatable bonds is 5. The summed E-state index contributed by atoms with van der Waals surface area (Å²) in [5, 5.41) is 13.1. The summed E-state index contributed by atoms with van der Waals surface area (Å²) in [6.45, 7) is 4.00. The van der Waals surface area contributed by atoms with E-state index in [1.54, 1.807) is 59.6 Å². The molecule has 4 rings (SSSR count). The average Bonchev–Trinajstić information content (AvgIpc) is 3.44. The van der Waals surface area contributed by atoms with Crippen LogP contribution < -0.4 is 16.0 Å². The SMILES string of the molecule is CNC(=O)Nc1ccc(NC(=O)c2cc(-c3ccco3)nc3c2cnn3C(C)C)cc1. The molecule has 3 amide bonds. The van der Waals surface area contributed by atoms with Crippen LogP contribution in [0.4, 0.5) is 16.2 Å². The van der Waals surface area contributed by atoms with Crippen molar-refractivity contribution in [2.24, 2.45) is 0 Å². The molecule has 4 aromatic rings. The number of carbonyl (C=O) groups excluding carboxylic acids is 2. The molecule has 0 unspecified atom stereocenters. The van der Waals surface area contributed by atoms with Gasteiger partial charge in [0.15, 0.2) is 11.4 Å². The lowest BCUT2D eigenvalue weighted by Gasteiger charge is -2.11. The molecule has 0 saturated carbocycles. The van der Waals surface area contributed by atoms with Crippen molar-refractivity contribution in [1.29, 1.82) is 0 Å². The molecule has 9 nitrogen and oxygen atoms in total. The highest BCUT2D eigenvalue weighted by Crippen LogP contribution is 2.27. The molecule has 1 aromatic carbocycles. The molecule has 0 fully saturated rings. The van der Waals surface area contributed by atoms with Crippen molar-refractivity contribution in [3.05, 3.63) is 60.5 Å². The van der Waals surface area contributed by atoms with Gasteiger partial charge in [-0.1, -0.05) is 0 Å². The summed E-state index contributed by atoms with van der Waals surface area (Å²) < 4.78 is 7.26. The Morgan fingerprint density at radius 3 is 2.39 bits per heavy atom. The zero-order valence-corrected chi connectivity index (χ0v) is 17.3. The number of hydrogen-bond donors (Lipinski definition) is 3. The van der Waals surface area contributed by atoms with E-state index in [0.29, 0.717) is 39.4 Å². The number of aromatic nitrogens is 3. The number of amides is 3. The quantitative estimate of drug-likeness (QED) is 0.448. The van der Waals surface area contributed by atoms with Gasteiger partial charge in [0.1, 0.15) is 5.69 Å². The fourth-order valence-corrected chi connectivity index (χ4v) is 3.16. The van der Waals surface area contributed by atoms with Crippen LogP contribution in [0, 0.1) is 0 Å². The van der Waals surface area contributed by atoms with Gasteiger partial charge in [-0.3, -0.25) is 4.79 Å². The van der Waals surface area contributed by atoms with Crippen molar-refractivity contribution in [1.82, 2.24) is 20.1 Å². The Morgan fingerprint density at radius 1 is 1.06 bits per heavy atom. The lowest BCUT2D eigenvalue weighted by molar-refractivity contribution is 0.102. The molecule has 0 atom stereocenters. The molecule has 0 aliphatic carbocycles. The van der Waals surface area contributed by atoms with Crippen molar-refractivity contribution < 1.29 is 14.0 Å². The molecule has 3 aromatic heterocycles. The highest BCUT2D eigenvalue weighted by Gasteiger charge is 2.19. The average molecular weight is 418 g/mol. The maximum absolute atomic E-state index is 13.2. The van der Waals surface area contributed by atoms with E-state index in [1.807, 2.05) is 13.8 Å². The Kier molecular flexibility index (Phi) is 5.40. The number of carbonyl (C=O) groups is 2. The zero-order valence-electron chi connectivity index (χ0n) is 17.3. The van der Waals surface area contributed by atoms with E-state index in [2.05, 4.69) is 26.0 Å². The molecular formula is C22H22N6O3. The Morgan fingerprint density at radius 2 is 1.77 bits per heavy atom. The van der Waals surface area contributed by atoms with Crippen molar-refractivity contribution in [3.63, 3.8) is 0 Å². The first kappa shape index (κ1) is 20.1. The van der Waals surface area contributed by atoms with Gasteiger partial charge < -0.3 is 20.4 Å². The number of nitrogens with one attached hydrogen (secondary N) is 3. The topological polar surface area (TPSA) is 114 Å². The first-order valence-electron chi connectivity index (χ1n) is 9.78. The number of urea groups is 1. The van der Waals surface area contributed by atoms with Crippen LogP contribution >= 0.6 is 0 Å². The maximum Gasteiger partial charge on any atom is 0.318 e. The lowest BCUT2D eigenvalue weighted by Crippen LogP contribution is -2.24. The van der Waals surface area contributed by atoms with E-state index in [0.717, 1.165) is 0 Å². The molecule has 0 saturated heterocycles. The summed E-state index contributed by atoms with van der Waals surface area (Å²) >= 11 is 0. The van der Waals surface area contributed by atoms with Gasteiger partial charge >= 0.3 is 6.03 Å². The van der Waals surface area contributed by atoms with Gasteiger partial charge in [0.05, 0.1) is 23.4 Å². The summed E-state index contributed by atoms with van der Waals surface area (Å²) in [4.78, 5) is 29.2. The molecule has 0 bridgehead atoms. The number of hydrogen-bond acceptors (Lipinski definition) is 5. The third-order valence-electron chi connectivity index (χ3n) is 4.70. The van der Waals surface area contributed by atoms with Gasteiger partial charge in [0.2, 0.25) is 0 Å². The van der Waals surface area contributed by atoms with Crippen molar-refractivity contribution in [2.75, 3.05) is 17.7 Å². The number of nitrogens with zero attached hydrogens (tertiary/aromatic N) is 3. The Labute approximate surface area is 178 Å². The van der Waals surface area contributed by atoms with Gasteiger partial charge in [-0.25, -0.2) is 14.5 Å². The zero-order chi connectivity index (χ0) is 22.0. The molecule has 158 valence electrons. The number of furan rings is 1. The van der Waals surface area contributed by atoms with Gasteiger partial charge in [0.25, 0.3) is 5.91 Å². The van der Waals surface area contributed by atoms with Crippen molar-refractivity contribution in [2.45, 2.75) is 19.9 Å². The van der Waals surface area contributed by atoms with Crippen LogP contribution in [0.25, 0.3) is 22.5 Å². The van der Waals surface area contributed by atoms with Crippen LogP contribution in [0.2, 0.25) is 0 Å². The van der Waals surface area contributed by atoms with Crippen molar-refractivity contribution >= 4 is 34.3 Å². The molecule has 0 aliphatic heterocycles. The Hall–Kier alpha value is -4.14. The van der Waals surface area contributed by atoms with Crippen LogP contribution in [-0.2, 0) is 0 Å². The normalized spacial score (nSPS) is 11.0. The van der Waals surface area contributed by atoms with Gasteiger partial charge in [-0.05, 0) is 56.3 Å². The van der Waals surface area contributed by atoms with E-state index >= 15 is 0 Å². The highest BCUT2D eigenvalue weighted by molar-refractivity contribution is 6.12. The predicted octanol–water partition coefficient (Wildman–Crippen LogP) is 4.28. The van der Waals surface area contributed by atoms with Crippen molar-refractivity contribution in [3.8, 4) is 11.5 Å². The second-order valence-corrected chi connectivity index (χ2v) is 7.19. The Bertz CT molecular complexity index is 1230. The molecule has 0 aliphatic rings. The van der Waals surface area contributed by atoms with Crippen LogP contribution in [0.3, 0.4) is 0 Å². The monoisotopic (exact) mass is 418 g/mol. The first-order chi connectivity index (χ1) is 15.0. The summed E-state index contributed by atoms with van der Waals surface area (Å²) in [7, 11) is 1.54. The Balaban J connectivity index is 1.68. The van der Waals surface area contributed by atoms with Gasteiger partial charge in [-0.15, -0.1) is 0 Å². The second kappa shape index (κ2) is 8.31. The summed E-state index contributed by atoms with van der Waals surface area (Å²) in [5.41, 5.74) is 2.81. The number of anilines is 2. The molecule has 3 heterocycles. The minimum Gasteiger partial charge on any atom is -0.463 e. The largest absolute Gasteiger partial charge is 0.463 e. The van der Waals surface area contributed by atoms with Crippen LogP contribution in [0.15, 0.2) is 59.3 Å². The fourth-order valence-electron chi connectivity index (χ4n) is 3.16. The molecule has 3 N–H and O–H groups in total. The van der Waals surface area contributed by atoms with E-state index in [4.69, 9.17) is 4.42 Å². The van der Waals surface area contributed by atoms with Crippen LogP contribution in [0.5, 0.6) is 0 Å². The molecule has 0 spiro atoms. The predicted molar refractivity (Wildman–Crippen MR) is 118 cm³/mol. The van der Waals surface area contributed by atoms with E-state index in [1.165, 1.54) is 7.05 Å². The molecular weight excluding hydrogens is 396 g/mol. The number of benzene rings is 1. The van der Waals surface area contributed by atoms with E-state index in [-0.39, 0.29) is 18.0 Å².